The summed E-state index contributed by atoms with van der Waals surface area (Å²) in [7, 11) is -2.42. The summed E-state index contributed by atoms with van der Waals surface area (Å²) in [4.78, 5) is 12.6. The van der Waals surface area contributed by atoms with Gasteiger partial charge in [0.25, 0.3) is 5.91 Å². The predicted octanol–water partition coefficient (Wildman–Crippen LogP) is 5.21. The molecule has 3 rings (SSSR count). The van der Waals surface area contributed by atoms with Gasteiger partial charge in [-0.15, -0.1) is 0 Å². The van der Waals surface area contributed by atoms with Crippen molar-refractivity contribution in [2.24, 2.45) is 0 Å². The van der Waals surface area contributed by atoms with Crippen LogP contribution < -0.4 is 5.32 Å². The van der Waals surface area contributed by atoms with E-state index in [2.05, 4.69) is 5.32 Å². The molecule has 0 spiro atoms. The molecule has 5 nitrogen and oxygen atoms in total. The molecule has 0 heterocycles. The maximum absolute atomic E-state index is 13.3. The van der Waals surface area contributed by atoms with E-state index in [1.54, 1.807) is 0 Å². The average molecular weight is 467 g/mol. The summed E-state index contributed by atoms with van der Waals surface area (Å²) in [5.74, 6) is -1.27. The molecule has 30 heavy (non-hydrogen) atoms. The molecule has 0 atom stereocenters. The smallest absolute Gasteiger partial charge is 0.257 e. The van der Waals surface area contributed by atoms with Gasteiger partial charge in [-0.2, -0.15) is 4.31 Å². The van der Waals surface area contributed by atoms with Gasteiger partial charge >= 0.3 is 0 Å². The SMILES string of the molecule is CN(Cc1ccccc1)S(=O)(=O)c1ccc(Cl)c(C(=O)Nc2ccc(F)c(Cl)c2)c1. The van der Waals surface area contributed by atoms with Crippen LogP contribution in [0.4, 0.5) is 10.1 Å². The molecule has 0 aliphatic heterocycles. The van der Waals surface area contributed by atoms with E-state index in [1.807, 2.05) is 30.3 Å². The highest BCUT2D eigenvalue weighted by Crippen LogP contribution is 2.25. The Labute approximate surface area is 184 Å². The standard InChI is InChI=1S/C21H17Cl2FN2O3S/c1-26(13-14-5-3-2-4-6-14)30(28,29)16-8-9-18(22)17(12-16)21(27)25-15-7-10-20(24)19(23)11-15/h2-12H,13H2,1H3,(H,25,27). The van der Waals surface area contributed by atoms with Crippen LogP contribution >= 0.6 is 23.2 Å². The van der Waals surface area contributed by atoms with Crippen molar-refractivity contribution >= 4 is 44.8 Å². The van der Waals surface area contributed by atoms with Crippen LogP contribution in [0.25, 0.3) is 0 Å². The van der Waals surface area contributed by atoms with Crippen LogP contribution in [0.3, 0.4) is 0 Å². The lowest BCUT2D eigenvalue weighted by Crippen LogP contribution is -2.27. The van der Waals surface area contributed by atoms with E-state index < -0.39 is 21.7 Å². The van der Waals surface area contributed by atoms with Crippen LogP contribution in [0.15, 0.2) is 71.6 Å². The topological polar surface area (TPSA) is 66.5 Å². The van der Waals surface area contributed by atoms with Crippen molar-refractivity contribution in [1.29, 1.82) is 0 Å². The van der Waals surface area contributed by atoms with E-state index >= 15 is 0 Å². The monoisotopic (exact) mass is 466 g/mol. The Hall–Kier alpha value is -2.45. The summed E-state index contributed by atoms with van der Waals surface area (Å²) in [6.07, 6.45) is 0. The van der Waals surface area contributed by atoms with E-state index in [0.717, 1.165) is 11.6 Å². The van der Waals surface area contributed by atoms with Gasteiger partial charge in [0.15, 0.2) is 0 Å². The molecule has 156 valence electrons. The summed E-state index contributed by atoms with van der Waals surface area (Å²) in [6, 6.07) is 16.7. The predicted molar refractivity (Wildman–Crippen MR) is 116 cm³/mol. The largest absolute Gasteiger partial charge is 0.322 e. The number of nitrogens with one attached hydrogen (secondary N) is 1. The second-order valence-corrected chi connectivity index (χ2v) is 9.33. The van der Waals surface area contributed by atoms with Crippen LogP contribution in [0.2, 0.25) is 10.0 Å². The molecule has 0 aliphatic rings. The molecule has 1 amide bonds. The van der Waals surface area contributed by atoms with Gasteiger partial charge in [-0.25, -0.2) is 12.8 Å². The molecule has 0 aliphatic carbocycles. The highest BCUT2D eigenvalue weighted by molar-refractivity contribution is 7.89. The second-order valence-electron chi connectivity index (χ2n) is 6.47. The van der Waals surface area contributed by atoms with E-state index in [-0.39, 0.29) is 32.7 Å². The first-order valence-corrected chi connectivity index (χ1v) is 10.9. The Balaban J connectivity index is 1.86. The van der Waals surface area contributed by atoms with Crippen LogP contribution in [0.5, 0.6) is 0 Å². The van der Waals surface area contributed by atoms with Gasteiger partial charge in [0.05, 0.1) is 20.5 Å². The molecule has 0 bridgehead atoms. The maximum Gasteiger partial charge on any atom is 0.257 e. The van der Waals surface area contributed by atoms with E-state index in [1.165, 1.54) is 41.7 Å². The van der Waals surface area contributed by atoms with E-state index in [9.17, 15) is 17.6 Å². The quantitative estimate of drug-likeness (QED) is 0.542. The van der Waals surface area contributed by atoms with Crippen LogP contribution in [0.1, 0.15) is 15.9 Å². The Morgan fingerprint density at radius 1 is 1.00 bits per heavy atom. The van der Waals surface area contributed by atoms with Crippen LogP contribution in [0, 0.1) is 5.82 Å². The lowest BCUT2D eigenvalue weighted by Gasteiger charge is -2.18. The van der Waals surface area contributed by atoms with Crippen LogP contribution in [-0.4, -0.2) is 25.7 Å². The molecule has 3 aromatic carbocycles. The molecular formula is C21H17Cl2FN2O3S. The van der Waals surface area contributed by atoms with Crippen molar-refractivity contribution in [3.8, 4) is 0 Å². The molecular weight excluding hydrogens is 450 g/mol. The van der Waals surface area contributed by atoms with Gasteiger partial charge in [0.2, 0.25) is 10.0 Å². The summed E-state index contributed by atoms with van der Waals surface area (Å²) < 4.78 is 40.4. The van der Waals surface area contributed by atoms with Gasteiger partial charge in [-0.05, 0) is 42.0 Å². The van der Waals surface area contributed by atoms with Crippen molar-refractivity contribution in [2.45, 2.75) is 11.4 Å². The third kappa shape index (κ3) is 4.99. The molecule has 0 aromatic heterocycles. The highest BCUT2D eigenvalue weighted by atomic mass is 35.5. The van der Waals surface area contributed by atoms with Crippen molar-refractivity contribution in [2.75, 3.05) is 12.4 Å². The Kier molecular flexibility index (Phi) is 6.77. The number of anilines is 1. The van der Waals surface area contributed by atoms with Crippen molar-refractivity contribution in [3.63, 3.8) is 0 Å². The number of nitrogens with zero attached hydrogens (tertiary/aromatic N) is 1. The third-order valence-corrected chi connectivity index (χ3v) is 6.73. The minimum Gasteiger partial charge on any atom is -0.322 e. The lowest BCUT2D eigenvalue weighted by molar-refractivity contribution is 0.102. The van der Waals surface area contributed by atoms with Crippen molar-refractivity contribution < 1.29 is 17.6 Å². The van der Waals surface area contributed by atoms with Gasteiger partial charge in [-0.3, -0.25) is 4.79 Å². The lowest BCUT2D eigenvalue weighted by atomic mass is 10.2. The highest BCUT2D eigenvalue weighted by Gasteiger charge is 2.23. The number of benzene rings is 3. The summed E-state index contributed by atoms with van der Waals surface area (Å²) in [5.41, 5.74) is 1.03. The normalized spacial score (nSPS) is 11.5. The minimum atomic E-state index is -3.87. The number of amides is 1. The number of carbonyl (C=O) groups is 1. The molecule has 0 unspecified atom stereocenters. The van der Waals surface area contributed by atoms with E-state index in [0.29, 0.717) is 0 Å². The molecule has 0 radical (unpaired) electrons. The molecule has 0 saturated carbocycles. The fourth-order valence-corrected chi connectivity index (χ4v) is 4.29. The first-order chi connectivity index (χ1) is 14.2. The van der Waals surface area contributed by atoms with Crippen LogP contribution in [-0.2, 0) is 16.6 Å². The summed E-state index contributed by atoms with van der Waals surface area (Å²) in [5, 5.41) is 2.45. The first kappa shape index (κ1) is 22.2. The number of carbonyl (C=O) groups excluding carboxylic acids is 1. The average Bonchev–Trinajstić information content (AvgIpc) is 2.71. The number of halogens is 3. The zero-order valence-corrected chi connectivity index (χ0v) is 18.1. The van der Waals surface area contributed by atoms with Crippen molar-refractivity contribution in [1.82, 2.24) is 4.31 Å². The first-order valence-electron chi connectivity index (χ1n) is 8.74. The number of hydrogen-bond acceptors (Lipinski definition) is 3. The Morgan fingerprint density at radius 2 is 1.70 bits per heavy atom. The fourth-order valence-electron chi connectivity index (χ4n) is 2.72. The Morgan fingerprint density at radius 3 is 2.37 bits per heavy atom. The maximum atomic E-state index is 13.3. The van der Waals surface area contributed by atoms with Gasteiger partial charge in [0.1, 0.15) is 5.82 Å². The minimum absolute atomic E-state index is 0.0358. The third-order valence-electron chi connectivity index (χ3n) is 4.32. The molecule has 1 N–H and O–H groups in total. The zero-order valence-electron chi connectivity index (χ0n) is 15.8. The number of hydrogen-bond donors (Lipinski definition) is 1. The van der Waals surface area contributed by atoms with Gasteiger partial charge in [-0.1, -0.05) is 53.5 Å². The van der Waals surface area contributed by atoms with Gasteiger partial charge < -0.3 is 5.32 Å². The number of rotatable bonds is 6. The summed E-state index contributed by atoms with van der Waals surface area (Å²) >= 11 is 11.8. The molecule has 9 heteroatoms. The molecule has 0 saturated heterocycles. The molecule has 0 fully saturated rings. The van der Waals surface area contributed by atoms with E-state index in [4.69, 9.17) is 23.2 Å². The number of sulfonamides is 1. The zero-order chi connectivity index (χ0) is 21.9. The molecule has 3 aromatic rings. The summed E-state index contributed by atoms with van der Waals surface area (Å²) in [6.45, 7) is 0.168. The Bertz CT molecular complexity index is 1190. The van der Waals surface area contributed by atoms with Crippen molar-refractivity contribution in [3.05, 3.63) is 93.7 Å². The fraction of sp³-hybridized carbons (Fsp3) is 0.0952. The second kappa shape index (κ2) is 9.14. The van der Waals surface area contributed by atoms with Gasteiger partial charge in [0, 0.05) is 19.3 Å².